The summed E-state index contributed by atoms with van der Waals surface area (Å²) in [7, 11) is 0. The molecule has 0 amide bonds. The maximum atomic E-state index is 8.24. The summed E-state index contributed by atoms with van der Waals surface area (Å²) in [5.41, 5.74) is 6.08. The van der Waals surface area contributed by atoms with E-state index in [2.05, 4.69) is 50.7 Å². The quantitative estimate of drug-likeness (QED) is 0.411. The number of hydrogen-bond acceptors (Lipinski definition) is 3. The van der Waals surface area contributed by atoms with Gasteiger partial charge in [-0.2, -0.15) is 59.9 Å². The second-order valence-electron chi connectivity index (χ2n) is 6.10. The molecule has 2 radical (unpaired) electrons. The fourth-order valence-corrected chi connectivity index (χ4v) is 2.54. The van der Waals surface area contributed by atoms with Crippen molar-refractivity contribution in [1.82, 2.24) is 4.98 Å². The standard InChI is InChI=1S/C22H20NO.CHO2.Rb.Re.Y/c1-15-10-11-20(12-16(15)2)18(4)17(3)13-21-14-24-22(23-21)19-8-6-5-7-9-19;2-1-3;;;/h5-12H,1,4,13H2,2-3H3;(H,2,3);;;/q-3;-1;+1;;. The summed E-state index contributed by atoms with van der Waals surface area (Å²) in [6.45, 7) is 12.9. The number of allylic oxidation sites excluding steroid dienone is 1. The van der Waals surface area contributed by atoms with Crippen LogP contribution in [0, 0.1) is 26.0 Å². The molecule has 30 heavy (non-hydrogen) atoms. The number of aryl methyl sites for hydroxylation is 1. The molecule has 0 unspecified atom stereocenters. The van der Waals surface area contributed by atoms with Crippen molar-refractivity contribution in [3.63, 3.8) is 0 Å². The number of aromatic nitrogens is 1. The number of aliphatic hydroxyl groups excluding tert-OH is 1. The second-order valence-corrected chi connectivity index (χ2v) is 6.10. The van der Waals surface area contributed by atoms with Gasteiger partial charge >= 0.3 is 58.2 Å². The molecule has 0 fully saturated rings. The summed E-state index contributed by atoms with van der Waals surface area (Å²) in [5, 5.41) is 6.76. The molecule has 7 heteroatoms. The van der Waals surface area contributed by atoms with E-state index in [1.54, 1.807) is 0 Å². The van der Waals surface area contributed by atoms with E-state index < -0.39 is 0 Å². The molecule has 0 aliphatic carbocycles. The zero-order valence-electron chi connectivity index (χ0n) is 17.4. The van der Waals surface area contributed by atoms with Gasteiger partial charge in [-0.1, -0.05) is 63.3 Å². The summed E-state index contributed by atoms with van der Waals surface area (Å²) >= 11 is 0. The molecule has 0 aliphatic rings. The van der Waals surface area contributed by atoms with Gasteiger partial charge in [0.2, 0.25) is 0 Å². The molecule has 3 aromatic rings. The first-order chi connectivity index (χ1) is 13.0. The van der Waals surface area contributed by atoms with E-state index in [-0.39, 0.29) is 111 Å². The monoisotopic (exact) mass is 720 g/mol. The van der Waals surface area contributed by atoms with Crippen LogP contribution >= 0.6 is 0 Å². The van der Waals surface area contributed by atoms with Gasteiger partial charge in [-0.05, 0) is 11.3 Å². The first kappa shape index (κ1) is 32.4. The van der Waals surface area contributed by atoms with Crippen molar-refractivity contribution >= 4 is 12.0 Å². The fraction of sp³-hybridized carbons (Fsp3) is 0.130. The largest absolute Gasteiger partial charge is 1.00 e. The minimum Gasteiger partial charge on any atom is -0.665 e. The molecular formula is C23H21NO3RbReY-3. The van der Waals surface area contributed by atoms with Crippen molar-refractivity contribution in [2.45, 2.75) is 20.3 Å². The molecule has 0 bridgehead atoms. The number of hydrogen-bond donors (Lipinski definition) is 1. The Morgan fingerprint density at radius 2 is 1.90 bits per heavy atom. The minimum absolute atomic E-state index is 0. The van der Waals surface area contributed by atoms with Crippen LogP contribution in [-0.4, -0.2) is 16.6 Å². The van der Waals surface area contributed by atoms with E-state index in [1.807, 2.05) is 36.4 Å². The van der Waals surface area contributed by atoms with E-state index in [0.29, 0.717) is 18.8 Å². The predicted molar refractivity (Wildman–Crippen MR) is 106 cm³/mol. The van der Waals surface area contributed by atoms with Gasteiger partial charge in [0.25, 0.3) is 0 Å². The minimum atomic E-state index is 0. The number of rotatable bonds is 5. The van der Waals surface area contributed by atoms with Crippen LogP contribution < -0.4 is 58.2 Å². The van der Waals surface area contributed by atoms with Crippen molar-refractivity contribution in [3.8, 4) is 11.5 Å². The summed E-state index contributed by atoms with van der Waals surface area (Å²) in [6.07, 6.45) is 3.57. The molecule has 150 valence electrons. The van der Waals surface area contributed by atoms with Crippen LogP contribution in [-0.2, 0) is 64.3 Å². The molecular weight excluding hydrogens is 699 g/mol. The Hall–Kier alpha value is 0.171. The van der Waals surface area contributed by atoms with Crippen LogP contribution in [0.2, 0.25) is 0 Å². The van der Waals surface area contributed by atoms with Gasteiger partial charge in [0.1, 0.15) is 0 Å². The number of benzene rings is 2. The van der Waals surface area contributed by atoms with Crippen molar-refractivity contribution < 1.29 is 126 Å². The molecule has 3 rings (SSSR count). The Balaban J connectivity index is 0. The van der Waals surface area contributed by atoms with Crippen LogP contribution in [0.1, 0.15) is 29.3 Å². The van der Waals surface area contributed by atoms with Gasteiger partial charge in [-0.3, -0.25) is 0 Å². The van der Waals surface area contributed by atoms with Gasteiger partial charge in [-0.25, -0.2) is 0 Å². The summed E-state index contributed by atoms with van der Waals surface area (Å²) in [4.78, 5) is 12.8. The molecule has 0 saturated carbocycles. The van der Waals surface area contributed by atoms with Crippen LogP contribution in [0.15, 0.2) is 59.5 Å². The summed E-state index contributed by atoms with van der Waals surface area (Å²) in [5.74, 6) is 1.75. The molecule has 0 atom stereocenters. The topological polar surface area (TPSA) is 63.3 Å². The van der Waals surface area contributed by atoms with Crippen molar-refractivity contribution in [3.05, 3.63) is 96.6 Å². The van der Waals surface area contributed by atoms with Crippen molar-refractivity contribution in [2.24, 2.45) is 0 Å². The maximum absolute atomic E-state index is 8.24. The Bertz CT molecular complexity index is 916. The second kappa shape index (κ2) is 16.8. The molecule has 1 aromatic heterocycles. The van der Waals surface area contributed by atoms with E-state index in [0.717, 1.165) is 33.9 Å². The third kappa shape index (κ3) is 9.76. The molecule has 0 saturated heterocycles. The Morgan fingerprint density at radius 3 is 2.47 bits per heavy atom. The zero-order valence-corrected chi connectivity index (χ0v) is 27.9. The van der Waals surface area contributed by atoms with E-state index in [1.165, 1.54) is 5.56 Å². The average Bonchev–Trinajstić information content (AvgIpc) is 3.13. The average molecular weight is 720 g/mol. The number of oxazole rings is 1. The predicted octanol–water partition coefficient (Wildman–Crippen LogP) is 2.09. The molecule has 1 N–H and O–H groups in total. The Labute approximate surface area is 266 Å². The first-order valence-electron chi connectivity index (χ1n) is 8.35. The summed E-state index contributed by atoms with van der Waals surface area (Å²) < 4.78 is 5.48. The fourth-order valence-electron chi connectivity index (χ4n) is 2.54. The summed E-state index contributed by atoms with van der Waals surface area (Å²) in [6, 6.07) is 16.1. The third-order valence-corrected chi connectivity index (χ3v) is 4.16. The SMILES string of the molecule is C=C(c1ccc([CH2-])c(C)c1)[C-](C)Cc1[c-]oc(-c2ccccc2)n1.O=[C-]O.[Rb+].[Re].[Y]. The Morgan fingerprint density at radius 1 is 1.30 bits per heavy atom. The van der Waals surface area contributed by atoms with E-state index in [4.69, 9.17) is 14.3 Å². The Kier molecular flexibility index (Phi) is 18.1. The van der Waals surface area contributed by atoms with Crippen LogP contribution in [0.5, 0.6) is 0 Å². The van der Waals surface area contributed by atoms with Crippen LogP contribution in [0.4, 0.5) is 0 Å². The van der Waals surface area contributed by atoms with Gasteiger partial charge in [-0.15, -0.1) is 0 Å². The molecule has 0 spiro atoms. The molecule has 4 nitrogen and oxygen atoms in total. The van der Waals surface area contributed by atoms with Gasteiger partial charge < -0.3 is 19.3 Å². The molecule has 0 aliphatic heterocycles. The van der Waals surface area contributed by atoms with E-state index in [9.17, 15) is 0 Å². The van der Waals surface area contributed by atoms with Gasteiger partial charge in [0, 0.05) is 53.1 Å². The molecule has 2 aromatic carbocycles. The van der Waals surface area contributed by atoms with Crippen molar-refractivity contribution in [1.29, 1.82) is 0 Å². The molecule has 1 heterocycles. The number of nitrogens with zero attached hydrogens (tertiary/aromatic N) is 1. The van der Waals surface area contributed by atoms with E-state index >= 15 is 0 Å². The maximum Gasteiger partial charge on any atom is 1.00 e. The van der Waals surface area contributed by atoms with Crippen LogP contribution in [0.3, 0.4) is 0 Å². The smallest absolute Gasteiger partial charge is 0.665 e. The third-order valence-electron chi connectivity index (χ3n) is 4.16. The normalized spacial score (nSPS) is 8.87. The van der Waals surface area contributed by atoms with Gasteiger partial charge in [0.05, 0.1) is 5.89 Å². The zero-order chi connectivity index (χ0) is 19.8. The first-order valence-corrected chi connectivity index (χ1v) is 8.35. The van der Waals surface area contributed by atoms with Crippen molar-refractivity contribution in [2.75, 3.05) is 0 Å². The van der Waals surface area contributed by atoms with Crippen LogP contribution in [0.25, 0.3) is 17.0 Å². The van der Waals surface area contributed by atoms with Gasteiger partial charge in [0.15, 0.2) is 0 Å².